The number of unbranched alkanes of at least 4 members (excludes halogenated alkanes) is 9. The Hall–Kier alpha value is -0.940. The molecule has 3 aliphatic rings. The van der Waals surface area contributed by atoms with Gasteiger partial charge in [0.15, 0.2) is 5.17 Å². The molecule has 2 aliphatic heterocycles. The summed E-state index contributed by atoms with van der Waals surface area (Å²) in [6, 6.07) is 0. The molecule has 1 fully saturated rings. The lowest BCUT2D eigenvalue weighted by Crippen LogP contribution is -2.30. The normalized spacial score (nSPS) is 18.6. The van der Waals surface area contributed by atoms with E-state index in [4.69, 9.17) is 0 Å². The Balaban J connectivity index is 0.00000408. The van der Waals surface area contributed by atoms with E-state index in [0.717, 1.165) is 41.9 Å². The summed E-state index contributed by atoms with van der Waals surface area (Å²) in [5.74, 6) is 1.51. The predicted molar refractivity (Wildman–Crippen MR) is 150 cm³/mol. The number of rotatable bonds is 17. The van der Waals surface area contributed by atoms with E-state index in [2.05, 4.69) is 35.1 Å². The third kappa shape index (κ3) is 9.97. The van der Waals surface area contributed by atoms with Gasteiger partial charge in [-0.1, -0.05) is 90.6 Å². The highest BCUT2D eigenvalue weighted by Crippen LogP contribution is 2.48. The summed E-state index contributed by atoms with van der Waals surface area (Å²) in [5.41, 5.74) is 1.25. The second-order valence-corrected chi connectivity index (χ2v) is 11.3. The quantitative estimate of drug-likeness (QED) is 0.201. The van der Waals surface area contributed by atoms with Crippen LogP contribution >= 0.6 is 24.2 Å². The molecule has 4 nitrogen and oxygen atoms in total. The Kier molecular flexibility index (Phi) is 14.4. The van der Waals surface area contributed by atoms with Gasteiger partial charge < -0.3 is 10.2 Å². The van der Waals surface area contributed by atoms with Gasteiger partial charge in [0.25, 0.3) is 5.91 Å². The molecule has 0 bridgehead atoms. The van der Waals surface area contributed by atoms with Gasteiger partial charge in [0, 0.05) is 30.9 Å². The molecule has 0 aromatic carbocycles. The molecule has 1 amide bonds. The van der Waals surface area contributed by atoms with Gasteiger partial charge in [-0.15, -0.1) is 12.4 Å². The summed E-state index contributed by atoms with van der Waals surface area (Å²) in [5, 5.41) is 4.06. The van der Waals surface area contributed by atoms with Crippen LogP contribution in [0.15, 0.2) is 27.9 Å². The molecule has 194 valence electrons. The van der Waals surface area contributed by atoms with E-state index < -0.39 is 0 Å². The summed E-state index contributed by atoms with van der Waals surface area (Å²) < 4.78 is 0. The minimum Gasteiger partial charge on any atom is -0.328 e. The molecule has 0 saturated heterocycles. The standard InChI is InChI=1S/C28H47N3OS.ClH/c1-3-4-5-6-9-12-16-23(2)17-13-10-7-8-11-14-20-29-27(32)26-25(24-18-19-24)31-22-15-21-30-28(31)33-26;/h14,20,23-24H,3-13,15-19,21-22H2,1-2H3,(H,29,32);1H/b20-14+;. The van der Waals surface area contributed by atoms with Crippen LogP contribution in [0.4, 0.5) is 0 Å². The lowest BCUT2D eigenvalue weighted by atomic mass is 9.96. The Bertz CT molecular complexity index is 702. The maximum atomic E-state index is 12.8. The van der Waals surface area contributed by atoms with Crippen LogP contribution in [0.5, 0.6) is 0 Å². The first-order valence-corrected chi connectivity index (χ1v) is 14.7. The van der Waals surface area contributed by atoms with Crippen molar-refractivity contribution in [1.82, 2.24) is 10.2 Å². The summed E-state index contributed by atoms with van der Waals surface area (Å²) in [4.78, 5) is 20.6. The number of amides is 1. The largest absolute Gasteiger partial charge is 0.328 e. The predicted octanol–water partition coefficient (Wildman–Crippen LogP) is 8.20. The van der Waals surface area contributed by atoms with Gasteiger partial charge in [-0.2, -0.15) is 0 Å². The summed E-state index contributed by atoms with van der Waals surface area (Å²) in [6.45, 7) is 6.63. The average molecular weight is 510 g/mol. The third-order valence-corrected chi connectivity index (χ3v) is 8.24. The van der Waals surface area contributed by atoms with Gasteiger partial charge in [-0.3, -0.25) is 9.79 Å². The van der Waals surface area contributed by atoms with Crippen LogP contribution in [0.1, 0.15) is 117 Å². The van der Waals surface area contributed by atoms with Crippen molar-refractivity contribution in [3.63, 3.8) is 0 Å². The maximum Gasteiger partial charge on any atom is 0.263 e. The highest BCUT2D eigenvalue weighted by Gasteiger charge is 2.41. The van der Waals surface area contributed by atoms with Crippen LogP contribution in [0.2, 0.25) is 0 Å². The molecule has 6 heteroatoms. The Morgan fingerprint density at radius 2 is 1.76 bits per heavy atom. The van der Waals surface area contributed by atoms with Crippen molar-refractivity contribution in [3.05, 3.63) is 22.9 Å². The van der Waals surface area contributed by atoms with Crippen molar-refractivity contribution >= 4 is 35.2 Å². The van der Waals surface area contributed by atoms with E-state index in [9.17, 15) is 4.79 Å². The molecule has 0 aromatic rings. The Labute approximate surface area is 219 Å². The molecule has 0 radical (unpaired) electrons. The van der Waals surface area contributed by atoms with Crippen molar-refractivity contribution < 1.29 is 4.79 Å². The van der Waals surface area contributed by atoms with Gasteiger partial charge in [0.2, 0.25) is 0 Å². The van der Waals surface area contributed by atoms with E-state index in [1.54, 1.807) is 11.8 Å². The number of halogens is 1. The number of hydrogen-bond acceptors (Lipinski definition) is 4. The first kappa shape index (κ1) is 29.3. The summed E-state index contributed by atoms with van der Waals surface area (Å²) >= 11 is 1.58. The number of amidine groups is 1. The number of carbonyl (C=O) groups is 1. The van der Waals surface area contributed by atoms with Crippen LogP contribution in [0.3, 0.4) is 0 Å². The topological polar surface area (TPSA) is 44.7 Å². The van der Waals surface area contributed by atoms with Crippen LogP contribution in [-0.4, -0.2) is 29.1 Å². The first-order chi connectivity index (χ1) is 16.2. The molecule has 34 heavy (non-hydrogen) atoms. The van der Waals surface area contributed by atoms with Gasteiger partial charge in [0.05, 0.1) is 0 Å². The van der Waals surface area contributed by atoms with Crippen molar-refractivity contribution in [1.29, 1.82) is 0 Å². The van der Waals surface area contributed by atoms with Gasteiger partial charge in [-0.25, -0.2) is 0 Å². The SMILES string of the molecule is CCCCCCCCC(C)CCCCCC/C=C/NC(=O)C1=C(C2CC2)N2CCCN=C2S1.Cl. The molecule has 1 unspecified atom stereocenters. The van der Waals surface area contributed by atoms with Gasteiger partial charge in [-0.05, 0) is 49.8 Å². The zero-order chi connectivity index (χ0) is 23.3. The smallest absolute Gasteiger partial charge is 0.263 e. The summed E-state index contributed by atoms with van der Waals surface area (Å²) in [6.07, 6.45) is 25.0. The van der Waals surface area contributed by atoms with Crippen molar-refractivity contribution in [2.75, 3.05) is 13.1 Å². The van der Waals surface area contributed by atoms with Gasteiger partial charge in [0.1, 0.15) is 4.91 Å². The molecule has 0 aromatic heterocycles. The number of thioether (sulfide) groups is 1. The molecular formula is C28H48ClN3OS. The van der Waals surface area contributed by atoms with E-state index in [1.165, 1.54) is 95.6 Å². The second kappa shape index (κ2) is 16.7. The van der Waals surface area contributed by atoms with Crippen LogP contribution in [-0.2, 0) is 4.79 Å². The number of allylic oxidation sites excluding steroid dienone is 2. The van der Waals surface area contributed by atoms with Gasteiger partial charge >= 0.3 is 0 Å². The fourth-order valence-electron chi connectivity index (χ4n) is 4.90. The summed E-state index contributed by atoms with van der Waals surface area (Å²) in [7, 11) is 0. The van der Waals surface area contributed by atoms with Crippen LogP contribution in [0.25, 0.3) is 0 Å². The minimum atomic E-state index is 0. The number of hydrogen-bond donors (Lipinski definition) is 1. The zero-order valence-corrected chi connectivity index (χ0v) is 23.3. The van der Waals surface area contributed by atoms with Crippen molar-refractivity contribution in [2.45, 2.75) is 117 Å². The van der Waals surface area contributed by atoms with E-state index >= 15 is 0 Å². The molecule has 1 N–H and O–H groups in total. The van der Waals surface area contributed by atoms with Crippen molar-refractivity contribution in [3.8, 4) is 0 Å². The van der Waals surface area contributed by atoms with Crippen molar-refractivity contribution in [2.24, 2.45) is 16.8 Å². The lowest BCUT2D eigenvalue weighted by molar-refractivity contribution is -0.116. The zero-order valence-electron chi connectivity index (χ0n) is 21.7. The third-order valence-electron chi connectivity index (χ3n) is 7.11. The molecular weight excluding hydrogens is 462 g/mol. The molecule has 1 atom stereocenters. The fraction of sp³-hybridized carbons (Fsp3) is 0.786. The molecule has 1 aliphatic carbocycles. The molecule has 0 spiro atoms. The fourth-order valence-corrected chi connectivity index (χ4v) is 6.07. The van der Waals surface area contributed by atoms with E-state index in [1.807, 2.05) is 6.20 Å². The monoisotopic (exact) mass is 509 g/mol. The Morgan fingerprint density at radius 3 is 2.47 bits per heavy atom. The van der Waals surface area contributed by atoms with E-state index in [0.29, 0.717) is 5.92 Å². The number of aliphatic imine (C=N–C) groups is 1. The minimum absolute atomic E-state index is 0. The average Bonchev–Trinajstić information content (AvgIpc) is 3.59. The Morgan fingerprint density at radius 1 is 1.09 bits per heavy atom. The highest BCUT2D eigenvalue weighted by molar-refractivity contribution is 8.18. The molecule has 3 rings (SSSR count). The maximum absolute atomic E-state index is 12.8. The number of carbonyl (C=O) groups excluding carboxylic acids is 1. The molecule has 1 saturated carbocycles. The lowest BCUT2D eigenvalue weighted by Gasteiger charge is -2.25. The van der Waals surface area contributed by atoms with E-state index in [-0.39, 0.29) is 18.3 Å². The number of fused-ring (bicyclic) bond motifs is 1. The molecule has 2 heterocycles. The second-order valence-electron chi connectivity index (χ2n) is 10.3. The van der Waals surface area contributed by atoms with Crippen LogP contribution in [0, 0.1) is 11.8 Å². The number of nitrogens with zero attached hydrogens (tertiary/aromatic N) is 2. The highest BCUT2D eigenvalue weighted by atomic mass is 35.5. The first-order valence-electron chi connectivity index (χ1n) is 13.9. The van der Waals surface area contributed by atoms with Crippen LogP contribution < -0.4 is 5.32 Å². The number of nitrogens with one attached hydrogen (secondary N) is 1.